The van der Waals surface area contributed by atoms with E-state index in [1.807, 2.05) is 30.3 Å². The SMILES string of the molecule is Cc1c(C(=O)N(C)C2CCS(=O)(=O)C2)nnn1-c1cccc2cccnc12. The van der Waals surface area contributed by atoms with Gasteiger partial charge < -0.3 is 4.90 Å². The Balaban J connectivity index is 1.69. The van der Waals surface area contributed by atoms with Gasteiger partial charge >= 0.3 is 0 Å². The summed E-state index contributed by atoms with van der Waals surface area (Å²) in [7, 11) is -1.45. The summed E-state index contributed by atoms with van der Waals surface area (Å²) in [6, 6.07) is 9.22. The molecule has 0 spiro atoms. The molecule has 4 rings (SSSR count). The fourth-order valence-corrected chi connectivity index (χ4v) is 5.20. The van der Waals surface area contributed by atoms with E-state index in [0.29, 0.717) is 12.1 Å². The molecule has 2 aromatic heterocycles. The number of hydrogen-bond acceptors (Lipinski definition) is 6. The summed E-state index contributed by atoms with van der Waals surface area (Å²) in [6.07, 6.45) is 2.16. The third-order valence-corrected chi connectivity index (χ3v) is 6.76. The van der Waals surface area contributed by atoms with Crippen LogP contribution in [0.5, 0.6) is 0 Å². The van der Waals surface area contributed by atoms with E-state index >= 15 is 0 Å². The highest BCUT2D eigenvalue weighted by Gasteiger charge is 2.34. The van der Waals surface area contributed by atoms with Crippen LogP contribution in [0.15, 0.2) is 36.5 Å². The minimum atomic E-state index is -3.07. The Morgan fingerprint density at radius 2 is 2.04 bits per heavy atom. The van der Waals surface area contributed by atoms with Crippen molar-refractivity contribution >= 4 is 26.6 Å². The Morgan fingerprint density at radius 3 is 2.78 bits per heavy atom. The van der Waals surface area contributed by atoms with Gasteiger partial charge in [0.1, 0.15) is 0 Å². The highest BCUT2D eigenvalue weighted by Crippen LogP contribution is 2.23. The van der Waals surface area contributed by atoms with Crippen molar-refractivity contribution in [1.82, 2.24) is 24.9 Å². The number of sulfone groups is 1. The first kappa shape index (κ1) is 17.6. The highest BCUT2D eigenvalue weighted by molar-refractivity contribution is 7.91. The van der Waals surface area contributed by atoms with Gasteiger partial charge in [-0.3, -0.25) is 9.78 Å². The number of aromatic nitrogens is 4. The molecular formula is C18H19N5O3S. The summed E-state index contributed by atoms with van der Waals surface area (Å²) in [5, 5.41) is 9.19. The molecule has 1 unspecified atom stereocenters. The summed E-state index contributed by atoms with van der Waals surface area (Å²) in [4.78, 5) is 18.8. The monoisotopic (exact) mass is 385 g/mol. The molecule has 0 radical (unpaired) electrons. The van der Waals surface area contributed by atoms with Crippen molar-refractivity contribution in [2.75, 3.05) is 18.6 Å². The normalized spacial score (nSPS) is 18.7. The van der Waals surface area contributed by atoms with Gasteiger partial charge in [-0.15, -0.1) is 5.10 Å². The number of carbonyl (C=O) groups is 1. The Hall–Kier alpha value is -2.81. The van der Waals surface area contributed by atoms with Crippen molar-refractivity contribution in [2.24, 2.45) is 0 Å². The highest BCUT2D eigenvalue weighted by atomic mass is 32.2. The van der Waals surface area contributed by atoms with Gasteiger partial charge in [-0.05, 0) is 25.5 Å². The molecule has 140 valence electrons. The van der Waals surface area contributed by atoms with Crippen LogP contribution in [0.2, 0.25) is 0 Å². The zero-order valence-electron chi connectivity index (χ0n) is 15.0. The lowest BCUT2D eigenvalue weighted by molar-refractivity contribution is 0.0741. The lowest BCUT2D eigenvalue weighted by atomic mass is 10.2. The third-order valence-electron chi connectivity index (χ3n) is 5.01. The van der Waals surface area contributed by atoms with Gasteiger partial charge in [0.15, 0.2) is 15.5 Å². The smallest absolute Gasteiger partial charge is 0.276 e. The van der Waals surface area contributed by atoms with Crippen LogP contribution in [0.25, 0.3) is 16.6 Å². The molecule has 0 saturated carbocycles. The summed E-state index contributed by atoms with van der Waals surface area (Å²) >= 11 is 0. The van der Waals surface area contributed by atoms with E-state index in [9.17, 15) is 13.2 Å². The van der Waals surface area contributed by atoms with Gasteiger partial charge in [-0.25, -0.2) is 13.1 Å². The summed E-state index contributed by atoms with van der Waals surface area (Å²) in [5.74, 6) is -0.216. The second-order valence-corrected chi connectivity index (χ2v) is 8.99. The molecule has 0 N–H and O–H groups in total. The maximum Gasteiger partial charge on any atom is 0.276 e. The van der Waals surface area contributed by atoms with Crippen LogP contribution in [-0.2, 0) is 9.84 Å². The van der Waals surface area contributed by atoms with E-state index in [-0.39, 0.29) is 29.1 Å². The molecule has 0 aliphatic carbocycles. The third kappa shape index (κ3) is 3.08. The van der Waals surface area contributed by atoms with Gasteiger partial charge in [0, 0.05) is 24.7 Å². The second-order valence-electron chi connectivity index (χ2n) is 6.76. The first-order valence-electron chi connectivity index (χ1n) is 8.61. The predicted octanol–water partition coefficient (Wildman–Crippen LogP) is 1.38. The molecule has 27 heavy (non-hydrogen) atoms. The number of carbonyl (C=O) groups excluding carboxylic acids is 1. The molecule has 1 amide bonds. The molecule has 1 atom stereocenters. The van der Waals surface area contributed by atoms with Crippen molar-refractivity contribution in [1.29, 1.82) is 0 Å². The van der Waals surface area contributed by atoms with Gasteiger partial charge in [-0.1, -0.05) is 23.4 Å². The van der Waals surface area contributed by atoms with Crippen molar-refractivity contribution in [2.45, 2.75) is 19.4 Å². The molecule has 9 heteroatoms. The fourth-order valence-electron chi connectivity index (χ4n) is 3.43. The second kappa shape index (κ2) is 6.41. The van der Waals surface area contributed by atoms with E-state index in [1.54, 1.807) is 24.9 Å². The molecular weight excluding hydrogens is 366 g/mol. The summed E-state index contributed by atoms with van der Waals surface area (Å²) < 4.78 is 25.0. The number of amides is 1. The van der Waals surface area contributed by atoms with Gasteiger partial charge in [0.2, 0.25) is 0 Å². The maximum atomic E-state index is 12.9. The topological polar surface area (TPSA) is 98.0 Å². The van der Waals surface area contributed by atoms with Crippen molar-refractivity contribution in [3.05, 3.63) is 47.9 Å². The molecule has 8 nitrogen and oxygen atoms in total. The standard InChI is InChI=1S/C18H19N5O3S/c1-12-16(18(24)22(2)14-8-10-27(25,26)11-14)20-21-23(12)15-7-3-5-13-6-4-9-19-17(13)15/h3-7,9,14H,8,10-11H2,1-2H3. The number of benzene rings is 1. The zero-order valence-corrected chi connectivity index (χ0v) is 15.8. The summed E-state index contributed by atoms with van der Waals surface area (Å²) in [6.45, 7) is 1.77. The van der Waals surface area contributed by atoms with Crippen LogP contribution in [0, 0.1) is 6.92 Å². The number of hydrogen-bond donors (Lipinski definition) is 0. The van der Waals surface area contributed by atoms with Crippen molar-refractivity contribution in [3.63, 3.8) is 0 Å². The number of nitrogens with zero attached hydrogens (tertiary/aromatic N) is 5. The predicted molar refractivity (Wildman–Crippen MR) is 101 cm³/mol. The average molecular weight is 385 g/mol. The first-order chi connectivity index (χ1) is 12.9. The van der Waals surface area contributed by atoms with E-state index in [4.69, 9.17) is 0 Å². The minimum absolute atomic E-state index is 0.00430. The van der Waals surface area contributed by atoms with E-state index in [2.05, 4.69) is 15.3 Å². The quantitative estimate of drug-likeness (QED) is 0.676. The van der Waals surface area contributed by atoms with Crippen LogP contribution in [0.4, 0.5) is 0 Å². The largest absolute Gasteiger partial charge is 0.336 e. The maximum absolute atomic E-state index is 12.9. The van der Waals surface area contributed by atoms with Crippen LogP contribution >= 0.6 is 0 Å². The zero-order chi connectivity index (χ0) is 19.2. The lowest BCUT2D eigenvalue weighted by Gasteiger charge is -2.22. The van der Waals surface area contributed by atoms with Gasteiger partial charge in [0.05, 0.1) is 28.4 Å². The Labute approximate surface area is 156 Å². The van der Waals surface area contributed by atoms with Crippen LogP contribution in [0.1, 0.15) is 22.6 Å². The number of fused-ring (bicyclic) bond motifs is 1. The molecule has 1 aromatic carbocycles. The minimum Gasteiger partial charge on any atom is -0.336 e. The Kier molecular flexibility index (Phi) is 4.18. The molecule has 1 saturated heterocycles. The van der Waals surface area contributed by atoms with Gasteiger partial charge in [0.25, 0.3) is 5.91 Å². The molecule has 3 aromatic rings. The fraction of sp³-hybridized carbons (Fsp3) is 0.333. The molecule has 3 heterocycles. The van der Waals surface area contributed by atoms with Crippen molar-refractivity contribution in [3.8, 4) is 5.69 Å². The molecule has 1 aliphatic rings. The van der Waals surface area contributed by atoms with E-state index < -0.39 is 9.84 Å². The van der Waals surface area contributed by atoms with E-state index in [1.165, 1.54) is 4.90 Å². The van der Waals surface area contributed by atoms with Gasteiger partial charge in [-0.2, -0.15) is 0 Å². The van der Waals surface area contributed by atoms with E-state index in [0.717, 1.165) is 16.6 Å². The molecule has 1 aliphatic heterocycles. The molecule has 1 fully saturated rings. The number of pyridine rings is 1. The number of para-hydroxylation sites is 1. The van der Waals surface area contributed by atoms with Crippen LogP contribution in [0.3, 0.4) is 0 Å². The lowest BCUT2D eigenvalue weighted by Crippen LogP contribution is -2.38. The Bertz CT molecular complexity index is 1130. The van der Waals surface area contributed by atoms with Crippen LogP contribution < -0.4 is 0 Å². The first-order valence-corrected chi connectivity index (χ1v) is 10.4. The molecule has 0 bridgehead atoms. The van der Waals surface area contributed by atoms with Crippen molar-refractivity contribution < 1.29 is 13.2 Å². The average Bonchev–Trinajstić information content (AvgIpc) is 3.22. The Morgan fingerprint density at radius 1 is 1.26 bits per heavy atom. The van der Waals surface area contributed by atoms with Crippen LogP contribution in [-0.4, -0.2) is 63.8 Å². The summed E-state index contributed by atoms with van der Waals surface area (Å²) in [5.41, 5.74) is 2.31. The number of rotatable bonds is 3.